The second kappa shape index (κ2) is 5.60. The van der Waals surface area contributed by atoms with Crippen LogP contribution in [0.3, 0.4) is 0 Å². The standard InChI is InChI=1S/C12H13NO3S2/c1-8-9(2)17-12(13-8)7-16-10-3-5-11(6-4-10)18(14)15/h3-6H,7H2,1-2H3,(H,14,15). The highest BCUT2D eigenvalue weighted by Crippen LogP contribution is 2.19. The minimum Gasteiger partial charge on any atom is -0.486 e. The molecule has 0 spiro atoms. The molecule has 0 bridgehead atoms. The zero-order valence-corrected chi connectivity index (χ0v) is 11.7. The Bertz CT molecular complexity index is 544. The number of benzene rings is 1. The van der Waals surface area contributed by atoms with E-state index in [1.165, 1.54) is 4.88 Å². The van der Waals surface area contributed by atoms with Gasteiger partial charge in [-0.15, -0.1) is 11.3 Å². The number of hydrogen-bond acceptors (Lipinski definition) is 4. The molecular weight excluding hydrogens is 270 g/mol. The molecule has 1 N–H and O–H groups in total. The zero-order valence-electron chi connectivity index (χ0n) is 10.0. The molecule has 4 nitrogen and oxygen atoms in total. The van der Waals surface area contributed by atoms with Crippen molar-refractivity contribution < 1.29 is 13.5 Å². The first-order chi connectivity index (χ1) is 8.56. The number of aromatic nitrogens is 1. The summed E-state index contributed by atoms with van der Waals surface area (Å²) in [4.78, 5) is 5.93. The van der Waals surface area contributed by atoms with Crippen molar-refractivity contribution in [3.8, 4) is 5.75 Å². The van der Waals surface area contributed by atoms with Crippen molar-refractivity contribution in [3.63, 3.8) is 0 Å². The van der Waals surface area contributed by atoms with Crippen LogP contribution in [-0.2, 0) is 17.7 Å². The van der Waals surface area contributed by atoms with Crippen LogP contribution in [0.15, 0.2) is 29.2 Å². The maximum atomic E-state index is 10.8. The van der Waals surface area contributed by atoms with Crippen molar-refractivity contribution in [2.24, 2.45) is 0 Å². The van der Waals surface area contributed by atoms with Gasteiger partial charge in [-0.2, -0.15) is 0 Å². The molecule has 0 saturated carbocycles. The summed E-state index contributed by atoms with van der Waals surface area (Å²) >= 11 is -0.326. The number of ether oxygens (including phenoxy) is 1. The van der Waals surface area contributed by atoms with Crippen molar-refractivity contribution in [1.29, 1.82) is 0 Å². The Morgan fingerprint density at radius 3 is 2.50 bits per heavy atom. The average molecular weight is 283 g/mol. The van der Waals surface area contributed by atoms with Crippen molar-refractivity contribution in [2.75, 3.05) is 0 Å². The van der Waals surface area contributed by atoms with E-state index in [1.807, 2.05) is 13.8 Å². The van der Waals surface area contributed by atoms with E-state index >= 15 is 0 Å². The van der Waals surface area contributed by atoms with Crippen LogP contribution in [0.1, 0.15) is 15.6 Å². The van der Waals surface area contributed by atoms with Gasteiger partial charge in [0.05, 0.1) is 10.6 Å². The summed E-state index contributed by atoms with van der Waals surface area (Å²) in [6.07, 6.45) is 0. The minimum atomic E-state index is -1.94. The fourth-order valence-corrected chi connectivity index (χ4v) is 2.61. The summed E-state index contributed by atoms with van der Waals surface area (Å²) in [6.45, 7) is 4.42. The van der Waals surface area contributed by atoms with Gasteiger partial charge in [-0.3, -0.25) is 0 Å². The number of nitrogens with zero attached hydrogens (tertiary/aromatic N) is 1. The monoisotopic (exact) mass is 283 g/mol. The number of aryl methyl sites for hydroxylation is 2. The van der Waals surface area contributed by atoms with Gasteiger partial charge < -0.3 is 9.29 Å². The van der Waals surface area contributed by atoms with Crippen LogP contribution in [0, 0.1) is 13.8 Å². The summed E-state index contributed by atoms with van der Waals surface area (Å²) in [5, 5.41) is 0.930. The van der Waals surface area contributed by atoms with E-state index in [2.05, 4.69) is 4.98 Å². The average Bonchev–Trinajstić information content (AvgIpc) is 2.67. The van der Waals surface area contributed by atoms with Gasteiger partial charge in [0.2, 0.25) is 0 Å². The van der Waals surface area contributed by atoms with Crippen LogP contribution in [-0.4, -0.2) is 13.7 Å². The second-order valence-corrected chi connectivity index (χ2v) is 6.02. The lowest BCUT2D eigenvalue weighted by Gasteiger charge is -2.04. The third-order valence-corrected chi connectivity index (χ3v) is 4.18. The van der Waals surface area contributed by atoms with Crippen molar-refractivity contribution in [1.82, 2.24) is 4.98 Å². The van der Waals surface area contributed by atoms with E-state index in [0.29, 0.717) is 17.3 Å². The minimum absolute atomic E-state index is 0.364. The van der Waals surface area contributed by atoms with Crippen molar-refractivity contribution in [2.45, 2.75) is 25.3 Å². The molecule has 1 heterocycles. The number of hydrogen-bond donors (Lipinski definition) is 1. The lowest BCUT2D eigenvalue weighted by molar-refractivity contribution is 0.305. The quantitative estimate of drug-likeness (QED) is 0.876. The number of rotatable bonds is 4. The van der Waals surface area contributed by atoms with Gasteiger partial charge in [0.25, 0.3) is 0 Å². The smallest absolute Gasteiger partial charge is 0.186 e. The first kappa shape index (κ1) is 13.2. The Labute approximate surface area is 112 Å². The van der Waals surface area contributed by atoms with Crippen LogP contribution in [0.2, 0.25) is 0 Å². The first-order valence-electron chi connectivity index (χ1n) is 5.33. The van der Waals surface area contributed by atoms with Crippen molar-refractivity contribution >= 4 is 22.4 Å². The molecule has 0 saturated heterocycles. The molecule has 0 aliphatic carbocycles. The van der Waals surface area contributed by atoms with Crippen LogP contribution in [0.5, 0.6) is 5.75 Å². The predicted octanol–water partition coefficient (Wildman–Crippen LogP) is 2.92. The molecule has 0 amide bonds. The van der Waals surface area contributed by atoms with E-state index in [0.717, 1.165) is 10.7 Å². The van der Waals surface area contributed by atoms with E-state index in [1.54, 1.807) is 35.6 Å². The maximum Gasteiger partial charge on any atom is 0.186 e. The molecular formula is C12H13NO3S2. The molecule has 1 atom stereocenters. The molecule has 18 heavy (non-hydrogen) atoms. The Hall–Kier alpha value is -1.24. The van der Waals surface area contributed by atoms with E-state index < -0.39 is 11.1 Å². The molecule has 1 aromatic carbocycles. The lowest BCUT2D eigenvalue weighted by Crippen LogP contribution is -1.95. The zero-order chi connectivity index (χ0) is 13.1. The lowest BCUT2D eigenvalue weighted by atomic mass is 10.3. The highest BCUT2D eigenvalue weighted by Gasteiger charge is 2.05. The van der Waals surface area contributed by atoms with Crippen LogP contribution in [0.25, 0.3) is 0 Å². The Morgan fingerprint density at radius 1 is 1.33 bits per heavy atom. The molecule has 1 aromatic heterocycles. The highest BCUT2D eigenvalue weighted by atomic mass is 32.2. The van der Waals surface area contributed by atoms with Gasteiger partial charge in [-0.25, -0.2) is 9.19 Å². The molecule has 6 heteroatoms. The molecule has 0 aliphatic rings. The molecule has 0 aliphatic heterocycles. The maximum absolute atomic E-state index is 10.8. The largest absolute Gasteiger partial charge is 0.486 e. The topological polar surface area (TPSA) is 59.4 Å². The molecule has 2 aromatic rings. The molecule has 96 valence electrons. The fourth-order valence-electron chi connectivity index (χ4n) is 1.40. The molecule has 1 unspecified atom stereocenters. The summed E-state index contributed by atoms with van der Waals surface area (Å²) in [5.41, 5.74) is 1.03. The Kier molecular flexibility index (Phi) is 4.11. The molecule has 0 fully saturated rings. The Balaban J connectivity index is 2.00. The van der Waals surface area contributed by atoms with Gasteiger partial charge in [0.15, 0.2) is 11.1 Å². The van der Waals surface area contributed by atoms with Gasteiger partial charge in [-0.1, -0.05) is 0 Å². The second-order valence-electron chi connectivity index (χ2n) is 3.76. The number of thiazole rings is 1. The van der Waals surface area contributed by atoms with E-state index in [9.17, 15) is 4.21 Å². The summed E-state index contributed by atoms with van der Waals surface area (Å²) in [7, 11) is 0. The van der Waals surface area contributed by atoms with Gasteiger partial charge in [-0.05, 0) is 38.1 Å². The van der Waals surface area contributed by atoms with E-state index in [4.69, 9.17) is 9.29 Å². The SMILES string of the molecule is Cc1nc(COc2ccc(S(=O)O)cc2)sc1C. The van der Waals surface area contributed by atoms with Gasteiger partial charge >= 0.3 is 0 Å². The van der Waals surface area contributed by atoms with Crippen LogP contribution in [0.4, 0.5) is 0 Å². The molecule has 2 rings (SSSR count). The summed E-state index contributed by atoms with van der Waals surface area (Å²) in [6, 6.07) is 6.50. The van der Waals surface area contributed by atoms with Crippen LogP contribution < -0.4 is 4.74 Å². The van der Waals surface area contributed by atoms with E-state index in [-0.39, 0.29) is 0 Å². The highest BCUT2D eigenvalue weighted by molar-refractivity contribution is 7.79. The molecule has 0 radical (unpaired) electrons. The Morgan fingerprint density at radius 2 is 2.00 bits per heavy atom. The van der Waals surface area contributed by atoms with Crippen molar-refractivity contribution in [3.05, 3.63) is 39.8 Å². The fraction of sp³-hybridized carbons (Fsp3) is 0.250. The normalized spacial score (nSPS) is 12.4. The predicted molar refractivity (Wildman–Crippen MR) is 71.4 cm³/mol. The van der Waals surface area contributed by atoms with Gasteiger partial charge in [0, 0.05) is 4.88 Å². The third kappa shape index (κ3) is 3.16. The third-order valence-electron chi connectivity index (χ3n) is 2.46. The first-order valence-corrected chi connectivity index (χ1v) is 7.25. The summed E-state index contributed by atoms with van der Waals surface area (Å²) in [5.74, 6) is 0.662. The van der Waals surface area contributed by atoms with Gasteiger partial charge in [0.1, 0.15) is 17.4 Å². The van der Waals surface area contributed by atoms with Crippen LogP contribution >= 0.6 is 11.3 Å². The summed E-state index contributed by atoms with van der Waals surface area (Å²) < 4.78 is 25.2.